The molecule has 0 saturated carbocycles. The van der Waals surface area contributed by atoms with Crippen molar-refractivity contribution in [2.24, 2.45) is 0 Å². The molecule has 1 saturated heterocycles. The highest BCUT2D eigenvalue weighted by atomic mass is 32.2. The van der Waals surface area contributed by atoms with Crippen LogP contribution in [0.15, 0.2) is 47.4 Å². The molecule has 28 heavy (non-hydrogen) atoms. The molecular formula is C20H18N2O5S. The summed E-state index contributed by atoms with van der Waals surface area (Å²) in [5, 5.41) is 12.3. The van der Waals surface area contributed by atoms with Crippen LogP contribution in [0.1, 0.15) is 11.1 Å². The van der Waals surface area contributed by atoms with E-state index < -0.39 is 17.1 Å². The third-order valence-electron chi connectivity index (χ3n) is 4.05. The maximum atomic E-state index is 12.5. The van der Waals surface area contributed by atoms with Crippen molar-refractivity contribution in [3.63, 3.8) is 0 Å². The molecule has 144 valence electrons. The second-order valence-electron chi connectivity index (χ2n) is 6.08. The zero-order valence-corrected chi connectivity index (χ0v) is 16.1. The van der Waals surface area contributed by atoms with Gasteiger partial charge in [-0.05, 0) is 43.0 Å². The van der Waals surface area contributed by atoms with Crippen LogP contribution in [0.2, 0.25) is 0 Å². The summed E-state index contributed by atoms with van der Waals surface area (Å²) in [6, 6.07) is 12.0. The van der Waals surface area contributed by atoms with Gasteiger partial charge in [-0.25, -0.2) is 0 Å². The Balaban J connectivity index is 1.73. The quantitative estimate of drug-likeness (QED) is 0.750. The number of carbonyl (C=O) groups is 3. The number of benzene rings is 2. The Morgan fingerprint density at radius 1 is 1.21 bits per heavy atom. The van der Waals surface area contributed by atoms with Crippen LogP contribution in [-0.4, -0.2) is 40.7 Å². The topological polar surface area (TPSA) is 95.9 Å². The van der Waals surface area contributed by atoms with Gasteiger partial charge in [-0.2, -0.15) is 0 Å². The molecule has 0 bridgehead atoms. The highest BCUT2D eigenvalue weighted by molar-refractivity contribution is 8.18. The van der Waals surface area contributed by atoms with Crippen molar-refractivity contribution in [3.8, 4) is 11.5 Å². The number of nitrogens with one attached hydrogen (secondary N) is 1. The van der Waals surface area contributed by atoms with Crippen LogP contribution in [-0.2, 0) is 9.59 Å². The number of thioether (sulfide) groups is 1. The lowest BCUT2D eigenvalue weighted by Gasteiger charge is -2.12. The molecule has 8 heteroatoms. The summed E-state index contributed by atoms with van der Waals surface area (Å²) in [5.74, 6) is -0.938. The molecule has 1 aliphatic rings. The van der Waals surface area contributed by atoms with Crippen LogP contribution in [0.25, 0.3) is 6.08 Å². The van der Waals surface area contributed by atoms with Gasteiger partial charge in [0.15, 0.2) is 11.5 Å². The summed E-state index contributed by atoms with van der Waals surface area (Å²) in [6.07, 6.45) is 1.40. The Labute approximate surface area is 166 Å². The van der Waals surface area contributed by atoms with E-state index in [0.717, 1.165) is 10.5 Å². The predicted octanol–water partition coefficient (Wildman–Crippen LogP) is 3.38. The SMILES string of the molecule is COc1cccc(/C=C2\SC(=O)N(CC(=O)Nc3ccc(C)cc3)C2=O)c1O. The van der Waals surface area contributed by atoms with Gasteiger partial charge in [0.2, 0.25) is 5.91 Å². The van der Waals surface area contributed by atoms with E-state index in [0.29, 0.717) is 23.0 Å². The summed E-state index contributed by atoms with van der Waals surface area (Å²) < 4.78 is 5.03. The number of anilines is 1. The number of rotatable bonds is 5. The molecule has 0 radical (unpaired) electrons. The van der Waals surface area contributed by atoms with E-state index in [1.165, 1.54) is 13.2 Å². The maximum Gasteiger partial charge on any atom is 0.294 e. The fraction of sp³-hybridized carbons (Fsp3) is 0.150. The minimum atomic E-state index is -0.587. The van der Waals surface area contributed by atoms with Crippen LogP contribution in [0.4, 0.5) is 10.5 Å². The minimum absolute atomic E-state index is 0.122. The number of ether oxygens (including phenoxy) is 1. The largest absolute Gasteiger partial charge is 0.504 e. The molecular weight excluding hydrogens is 380 g/mol. The Morgan fingerprint density at radius 3 is 2.61 bits per heavy atom. The summed E-state index contributed by atoms with van der Waals surface area (Å²) in [6.45, 7) is 1.54. The summed E-state index contributed by atoms with van der Waals surface area (Å²) in [5.41, 5.74) is 1.98. The number of para-hydroxylation sites is 1. The molecule has 1 heterocycles. The Kier molecular flexibility index (Phi) is 5.70. The lowest BCUT2D eigenvalue weighted by Crippen LogP contribution is -2.36. The first kappa shape index (κ1) is 19.5. The number of hydrogen-bond acceptors (Lipinski definition) is 6. The number of aromatic hydroxyl groups is 1. The molecule has 0 aliphatic carbocycles. The Hall–Kier alpha value is -3.26. The zero-order valence-electron chi connectivity index (χ0n) is 15.3. The maximum absolute atomic E-state index is 12.5. The van der Waals surface area contributed by atoms with E-state index in [4.69, 9.17) is 4.74 Å². The number of methoxy groups -OCH3 is 1. The zero-order chi connectivity index (χ0) is 20.3. The van der Waals surface area contributed by atoms with Gasteiger partial charge >= 0.3 is 0 Å². The molecule has 3 rings (SSSR count). The average Bonchev–Trinajstić information content (AvgIpc) is 2.93. The van der Waals surface area contributed by atoms with Gasteiger partial charge in [-0.1, -0.05) is 29.8 Å². The minimum Gasteiger partial charge on any atom is -0.504 e. The molecule has 7 nitrogen and oxygen atoms in total. The lowest BCUT2D eigenvalue weighted by atomic mass is 10.1. The van der Waals surface area contributed by atoms with E-state index in [-0.39, 0.29) is 22.9 Å². The third-order valence-corrected chi connectivity index (χ3v) is 4.95. The first-order valence-electron chi connectivity index (χ1n) is 8.37. The molecule has 0 aromatic heterocycles. The molecule has 2 aromatic carbocycles. The van der Waals surface area contributed by atoms with E-state index in [1.807, 2.05) is 19.1 Å². The molecule has 0 unspecified atom stereocenters. The van der Waals surface area contributed by atoms with Crippen LogP contribution >= 0.6 is 11.8 Å². The van der Waals surface area contributed by atoms with Gasteiger partial charge in [0.25, 0.3) is 11.1 Å². The number of hydrogen-bond donors (Lipinski definition) is 2. The van der Waals surface area contributed by atoms with Crippen LogP contribution < -0.4 is 10.1 Å². The van der Waals surface area contributed by atoms with Crippen molar-refractivity contribution in [2.75, 3.05) is 19.0 Å². The van der Waals surface area contributed by atoms with Gasteiger partial charge in [-0.15, -0.1) is 0 Å². The molecule has 0 atom stereocenters. The second kappa shape index (κ2) is 8.18. The van der Waals surface area contributed by atoms with E-state index in [1.54, 1.807) is 30.3 Å². The number of carbonyl (C=O) groups excluding carboxylic acids is 3. The number of imide groups is 1. The molecule has 2 N–H and O–H groups in total. The molecule has 1 fully saturated rings. The summed E-state index contributed by atoms with van der Waals surface area (Å²) in [4.78, 5) is 37.9. The summed E-state index contributed by atoms with van der Waals surface area (Å²) in [7, 11) is 1.42. The number of phenolic OH excluding ortho intramolecular Hbond substituents is 1. The fourth-order valence-electron chi connectivity index (χ4n) is 2.58. The smallest absolute Gasteiger partial charge is 0.294 e. The van der Waals surface area contributed by atoms with Gasteiger partial charge in [-0.3, -0.25) is 19.3 Å². The number of amides is 3. The average molecular weight is 398 g/mol. The van der Waals surface area contributed by atoms with Gasteiger partial charge in [0.1, 0.15) is 6.54 Å². The highest BCUT2D eigenvalue weighted by Gasteiger charge is 2.36. The standard InChI is InChI=1S/C20H18N2O5S/c1-12-6-8-14(9-7-12)21-17(23)11-22-19(25)16(28-20(22)26)10-13-4-3-5-15(27-2)18(13)24/h3-10,24H,11H2,1-2H3,(H,21,23)/b16-10-. The number of phenols is 1. The normalized spacial score (nSPS) is 15.2. The van der Waals surface area contributed by atoms with Gasteiger partial charge < -0.3 is 15.2 Å². The van der Waals surface area contributed by atoms with Crippen molar-refractivity contribution in [1.29, 1.82) is 0 Å². The van der Waals surface area contributed by atoms with Crippen LogP contribution in [0.3, 0.4) is 0 Å². The lowest BCUT2D eigenvalue weighted by molar-refractivity contribution is -0.127. The van der Waals surface area contributed by atoms with Crippen molar-refractivity contribution >= 4 is 40.6 Å². The van der Waals surface area contributed by atoms with Crippen molar-refractivity contribution < 1.29 is 24.2 Å². The van der Waals surface area contributed by atoms with Crippen molar-refractivity contribution in [3.05, 3.63) is 58.5 Å². The fourth-order valence-corrected chi connectivity index (χ4v) is 3.41. The van der Waals surface area contributed by atoms with Crippen LogP contribution in [0.5, 0.6) is 11.5 Å². The van der Waals surface area contributed by atoms with Crippen molar-refractivity contribution in [1.82, 2.24) is 4.90 Å². The number of nitrogens with zero attached hydrogens (tertiary/aromatic N) is 1. The van der Waals surface area contributed by atoms with E-state index in [2.05, 4.69) is 5.32 Å². The number of aryl methyl sites for hydroxylation is 1. The Morgan fingerprint density at radius 2 is 1.93 bits per heavy atom. The Bertz CT molecular complexity index is 969. The van der Waals surface area contributed by atoms with E-state index in [9.17, 15) is 19.5 Å². The van der Waals surface area contributed by atoms with Gasteiger partial charge in [0.05, 0.1) is 12.0 Å². The third kappa shape index (κ3) is 4.17. The predicted molar refractivity (Wildman–Crippen MR) is 107 cm³/mol. The molecule has 2 aromatic rings. The van der Waals surface area contributed by atoms with Crippen molar-refractivity contribution in [2.45, 2.75) is 6.92 Å². The summed E-state index contributed by atoms with van der Waals surface area (Å²) >= 11 is 0.716. The highest BCUT2D eigenvalue weighted by Crippen LogP contribution is 2.36. The molecule has 1 aliphatic heterocycles. The van der Waals surface area contributed by atoms with Crippen LogP contribution in [0, 0.1) is 6.92 Å². The van der Waals surface area contributed by atoms with E-state index >= 15 is 0 Å². The van der Waals surface area contributed by atoms with Gasteiger partial charge in [0, 0.05) is 11.3 Å². The monoisotopic (exact) mass is 398 g/mol. The second-order valence-corrected chi connectivity index (χ2v) is 7.07. The first-order chi connectivity index (χ1) is 13.4. The first-order valence-corrected chi connectivity index (χ1v) is 9.18. The molecule has 0 spiro atoms. The molecule has 3 amide bonds.